The van der Waals surface area contributed by atoms with Gasteiger partial charge in [0.25, 0.3) is 5.91 Å². The van der Waals surface area contributed by atoms with Crippen LogP contribution in [0.25, 0.3) is 11.5 Å². The molecule has 38 heavy (non-hydrogen) atoms. The van der Waals surface area contributed by atoms with Crippen molar-refractivity contribution in [2.75, 3.05) is 13.2 Å². The van der Waals surface area contributed by atoms with E-state index in [0.29, 0.717) is 41.9 Å². The number of amides is 1. The van der Waals surface area contributed by atoms with Gasteiger partial charge in [-0.2, -0.15) is 8.78 Å². The van der Waals surface area contributed by atoms with Crippen LogP contribution in [0, 0.1) is 11.7 Å². The number of hydrogen-bond acceptors (Lipinski definition) is 7. The molecule has 8 nitrogen and oxygen atoms in total. The Bertz CT molecular complexity index is 1250. The maximum absolute atomic E-state index is 14.4. The molecule has 12 heteroatoms. The maximum atomic E-state index is 14.4. The molecule has 206 valence electrons. The number of alkyl halides is 2. The highest BCUT2D eigenvalue weighted by molar-refractivity contribution is 5.94. The van der Waals surface area contributed by atoms with Gasteiger partial charge in [0.1, 0.15) is 23.0 Å². The van der Waals surface area contributed by atoms with Crippen LogP contribution in [0.2, 0.25) is 0 Å². The van der Waals surface area contributed by atoms with Crippen LogP contribution in [-0.2, 0) is 6.54 Å². The molecule has 0 radical (unpaired) electrons. The lowest BCUT2D eigenvalue weighted by Crippen LogP contribution is -2.25. The molecule has 0 spiro atoms. The van der Waals surface area contributed by atoms with Crippen LogP contribution >= 0.6 is 12.4 Å². The van der Waals surface area contributed by atoms with Crippen molar-refractivity contribution in [3.05, 3.63) is 59.2 Å². The van der Waals surface area contributed by atoms with E-state index in [-0.39, 0.29) is 41.9 Å². The van der Waals surface area contributed by atoms with Gasteiger partial charge in [-0.15, -0.1) is 12.4 Å². The number of nitrogens with one attached hydrogen (secondary N) is 1. The van der Waals surface area contributed by atoms with E-state index in [9.17, 15) is 18.0 Å². The summed E-state index contributed by atoms with van der Waals surface area (Å²) in [4.78, 5) is 17.0. The zero-order valence-electron chi connectivity index (χ0n) is 20.8. The first-order valence-electron chi connectivity index (χ1n) is 11.9. The number of rotatable bonds is 12. The largest absolute Gasteiger partial charge is 0.494 e. The van der Waals surface area contributed by atoms with Gasteiger partial charge < -0.3 is 29.7 Å². The SMILES string of the molecule is CCOc1ccc(C(=O)NCc2nc(-c3ccc(OC(F)F)c(OCC4CC4)c3)oc2[C@H](C)N)c(F)c1.Cl. The number of benzene rings is 2. The van der Waals surface area contributed by atoms with Crippen LogP contribution in [0.3, 0.4) is 0 Å². The zero-order valence-corrected chi connectivity index (χ0v) is 21.7. The Kier molecular flexibility index (Phi) is 9.87. The lowest BCUT2D eigenvalue weighted by molar-refractivity contribution is -0.0515. The first-order valence-corrected chi connectivity index (χ1v) is 11.9. The van der Waals surface area contributed by atoms with E-state index in [4.69, 9.17) is 19.6 Å². The number of carbonyl (C=O) groups excluding carboxylic acids is 1. The van der Waals surface area contributed by atoms with Gasteiger partial charge in [-0.05, 0) is 62.9 Å². The van der Waals surface area contributed by atoms with Crippen LogP contribution in [0.15, 0.2) is 40.8 Å². The minimum absolute atomic E-state index is 0. The second kappa shape index (κ2) is 12.9. The quantitative estimate of drug-likeness (QED) is 0.297. The van der Waals surface area contributed by atoms with Crippen LogP contribution in [-0.4, -0.2) is 30.7 Å². The summed E-state index contributed by atoms with van der Waals surface area (Å²) in [6.45, 7) is 1.13. The van der Waals surface area contributed by atoms with E-state index in [2.05, 4.69) is 15.0 Å². The Hall–Kier alpha value is -3.44. The summed E-state index contributed by atoms with van der Waals surface area (Å²) in [5.74, 6) is -0.132. The second-order valence-electron chi connectivity index (χ2n) is 8.67. The second-order valence-corrected chi connectivity index (χ2v) is 8.67. The highest BCUT2D eigenvalue weighted by atomic mass is 35.5. The molecule has 3 N–H and O–H groups in total. The molecule has 1 saturated carbocycles. The number of oxazole rings is 1. The van der Waals surface area contributed by atoms with Crippen LogP contribution in [0.4, 0.5) is 13.2 Å². The maximum Gasteiger partial charge on any atom is 0.387 e. The predicted molar refractivity (Wildman–Crippen MR) is 135 cm³/mol. The number of aromatic nitrogens is 1. The normalized spacial score (nSPS) is 13.6. The molecule has 1 fully saturated rings. The fourth-order valence-corrected chi connectivity index (χ4v) is 3.60. The lowest BCUT2D eigenvalue weighted by atomic mass is 10.1. The third kappa shape index (κ3) is 7.32. The molecule has 2 aromatic carbocycles. The lowest BCUT2D eigenvalue weighted by Gasteiger charge is -2.12. The van der Waals surface area contributed by atoms with E-state index in [0.717, 1.165) is 18.9 Å². The number of nitrogens with zero attached hydrogens (tertiary/aromatic N) is 1. The molecule has 0 aliphatic heterocycles. The van der Waals surface area contributed by atoms with Gasteiger partial charge >= 0.3 is 6.61 Å². The Morgan fingerprint density at radius 3 is 2.58 bits per heavy atom. The molecule has 0 bridgehead atoms. The monoisotopic (exact) mass is 555 g/mol. The molecule has 0 unspecified atom stereocenters. The Labute approximate surface area is 224 Å². The van der Waals surface area contributed by atoms with Gasteiger partial charge in [0, 0.05) is 11.6 Å². The molecule has 1 atom stereocenters. The van der Waals surface area contributed by atoms with Crippen molar-refractivity contribution >= 4 is 18.3 Å². The fourth-order valence-electron chi connectivity index (χ4n) is 3.60. The van der Waals surface area contributed by atoms with E-state index in [1.165, 1.54) is 30.3 Å². The molecule has 0 saturated heterocycles. The Balaban J connectivity index is 0.00000400. The summed E-state index contributed by atoms with van der Waals surface area (Å²) >= 11 is 0. The molecular formula is C26H29ClF3N3O5. The van der Waals surface area contributed by atoms with Gasteiger partial charge in [-0.1, -0.05) is 0 Å². The number of nitrogens with two attached hydrogens (primary N) is 1. The Morgan fingerprint density at radius 1 is 1.18 bits per heavy atom. The van der Waals surface area contributed by atoms with Gasteiger partial charge in [-0.25, -0.2) is 9.37 Å². The summed E-state index contributed by atoms with van der Waals surface area (Å²) in [7, 11) is 0. The summed E-state index contributed by atoms with van der Waals surface area (Å²) in [5, 5.41) is 2.62. The third-order valence-corrected chi connectivity index (χ3v) is 5.63. The topological polar surface area (TPSA) is 109 Å². The van der Waals surface area contributed by atoms with E-state index in [1.54, 1.807) is 13.8 Å². The van der Waals surface area contributed by atoms with Crippen molar-refractivity contribution in [3.8, 4) is 28.7 Å². The average molecular weight is 556 g/mol. The number of carbonyl (C=O) groups is 1. The average Bonchev–Trinajstić information content (AvgIpc) is 3.58. The Morgan fingerprint density at radius 2 is 1.95 bits per heavy atom. The van der Waals surface area contributed by atoms with Crippen molar-refractivity contribution in [2.24, 2.45) is 11.7 Å². The smallest absolute Gasteiger partial charge is 0.387 e. The molecule has 4 rings (SSSR count). The standard InChI is InChI=1S/C26H28F3N3O5.ClH/c1-3-34-17-7-8-18(19(27)11-17)24(33)31-12-20-23(14(2)30)37-25(32-20)16-6-9-21(36-26(28)29)22(10-16)35-13-15-4-5-15;/h6-11,14-15,26H,3-5,12-13,30H2,1-2H3,(H,31,33);1H/t14-;/m0./s1. The summed E-state index contributed by atoms with van der Waals surface area (Å²) in [6, 6.07) is 7.79. The van der Waals surface area contributed by atoms with Crippen LogP contribution in [0.5, 0.6) is 17.2 Å². The van der Waals surface area contributed by atoms with Gasteiger partial charge in [0.2, 0.25) is 5.89 Å². The number of hydrogen-bond donors (Lipinski definition) is 2. The van der Waals surface area contributed by atoms with Crippen molar-refractivity contribution in [1.29, 1.82) is 0 Å². The van der Waals surface area contributed by atoms with Crippen molar-refractivity contribution in [1.82, 2.24) is 10.3 Å². The minimum atomic E-state index is -3.00. The zero-order chi connectivity index (χ0) is 26.5. The molecule has 1 aliphatic rings. The van der Waals surface area contributed by atoms with Crippen molar-refractivity contribution < 1.29 is 36.6 Å². The van der Waals surface area contributed by atoms with E-state index < -0.39 is 24.4 Å². The van der Waals surface area contributed by atoms with Crippen LogP contribution < -0.4 is 25.3 Å². The molecule has 1 aromatic heterocycles. The minimum Gasteiger partial charge on any atom is -0.494 e. The fraction of sp³-hybridized carbons (Fsp3) is 0.385. The number of ether oxygens (including phenoxy) is 3. The summed E-state index contributed by atoms with van der Waals surface area (Å²) < 4.78 is 61.5. The van der Waals surface area contributed by atoms with Gasteiger partial charge in [-0.3, -0.25) is 4.79 Å². The van der Waals surface area contributed by atoms with Crippen molar-refractivity contribution in [2.45, 2.75) is 45.9 Å². The summed E-state index contributed by atoms with van der Waals surface area (Å²) in [5.41, 5.74) is 6.68. The molecule has 1 aliphatic carbocycles. The van der Waals surface area contributed by atoms with Crippen molar-refractivity contribution in [3.63, 3.8) is 0 Å². The van der Waals surface area contributed by atoms with Crippen LogP contribution in [0.1, 0.15) is 54.5 Å². The third-order valence-electron chi connectivity index (χ3n) is 5.63. The highest BCUT2D eigenvalue weighted by Crippen LogP contribution is 2.37. The first-order chi connectivity index (χ1) is 17.7. The van der Waals surface area contributed by atoms with Gasteiger partial charge in [0.05, 0.1) is 31.4 Å². The van der Waals surface area contributed by atoms with E-state index in [1.807, 2.05) is 0 Å². The molecule has 1 amide bonds. The number of halogens is 4. The highest BCUT2D eigenvalue weighted by Gasteiger charge is 2.24. The molecule has 1 heterocycles. The van der Waals surface area contributed by atoms with E-state index >= 15 is 0 Å². The predicted octanol–water partition coefficient (Wildman–Crippen LogP) is 5.64. The molecular weight excluding hydrogens is 527 g/mol. The first kappa shape index (κ1) is 29.1. The molecule has 3 aromatic rings. The summed E-state index contributed by atoms with van der Waals surface area (Å²) in [6.07, 6.45) is 2.05. The van der Waals surface area contributed by atoms with Gasteiger partial charge in [0.15, 0.2) is 11.5 Å².